The van der Waals surface area contributed by atoms with Crippen LogP contribution in [0.25, 0.3) is 11.1 Å². The molecule has 7 heteroatoms. The smallest absolute Gasteiger partial charge is 0.410 e. The Morgan fingerprint density at radius 2 is 1.94 bits per heavy atom. The number of amides is 2. The zero-order valence-corrected chi connectivity index (χ0v) is 19.3. The minimum absolute atomic E-state index is 0.186. The Kier molecular flexibility index (Phi) is 5.53. The van der Waals surface area contributed by atoms with Gasteiger partial charge in [0.25, 0.3) is 5.91 Å². The molecule has 4 rings (SSSR count). The second-order valence-corrected chi connectivity index (χ2v) is 9.57. The number of amidine groups is 1. The third-order valence-electron chi connectivity index (χ3n) is 5.99. The molecule has 2 atom stereocenters. The Morgan fingerprint density at radius 1 is 1.22 bits per heavy atom. The fraction of sp³-hybridized carbons (Fsp3) is 0.440. The molecule has 7 nitrogen and oxygen atoms in total. The Labute approximate surface area is 188 Å². The van der Waals surface area contributed by atoms with Crippen LogP contribution in [0.15, 0.2) is 47.6 Å². The summed E-state index contributed by atoms with van der Waals surface area (Å²) in [6, 6.07) is 11.5. The number of aliphatic imine (C=N–C) groups is 1. The Hall–Kier alpha value is -3.22. The lowest BCUT2D eigenvalue weighted by atomic mass is 9.91. The van der Waals surface area contributed by atoms with Gasteiger partial charge in [-0.2, -0.15) is 0 Å². The molecule has 168 valence electrons. The average molecular weight is 435 g/mol. The van der Waals surface area contributed by atoms with Crippen LogP contribution in [0.1, 0.15) is 51.8 Å². The number of nitrogens with zero attached hydrogens (tertiary/aromatic N) is 3. The van der Waals surface area contributed by atoms with E-state index in [1.807, 2.05) is 71.0 Å². The summed E-state index contributed by atoms with van der Waals surface area (Å²) in [5, 5.41) is 2.94. The third-order valence-corrected chi connectivity index (χ3v) is 5.99. The summed E-state index contributed by atoms with van der Waals surface area (Å²) < 4.78 is 5.55. The maximum atomic E-state index is 13.0. The van der Waals surface area contributed by atoms with E-state index in [9.17, 15) is 9.59 Å². The van der Waals surface area contributed by atoms with Gasteiger partial charge in [-0.3, -0.25) is 14.7 Å². The van der Waals surface area contributed by atoms with Gasteiger partial charge in [0.15, 0.2) is 5.54 Å². The number of hydrogen-bond acceptors (Lipinski definition) is 5. The number of nitrogens with one attached hydrogen (secondary N) is 1. The SMILES string of the molecule is Cc1ncccc1-c1ccc(C2(C)N=C(C3CCCN3C(=O)OC(C)(C)C)NC2=O)cc1. The number of ether oxygens (including phenoxy) is 1. The summed E-state index contributed by atoms with van der Waals surface area (Å²) in [6.45, 7) is 9.91. The Balaban J connectivity index is 1.59. The van der Waals surface area contributed by atoms with Crippen molar-refractivity contribution in [2.45, 2.75) is 64.6 Å². The highest BCUT2D eigenvalue weighted by Crippen LogP contribution is 2.34. The van der Waals surface area contributed by atoms with Crippen LogP contribution in [0.3, 0.4) is 0 Å². The molecule has 2 aliphatic rings. The first-order valence-electron chi connectivity index (χ1n) is 11.0. The summed E-state index contributed by atoms with van der Waals surface area (Å²) in [6.07, 6.45) is 2.99. The van der Waals surface area contributed by atoms with Gasteiger partial charge in [0.2, 0.25) is 0 Å². The van der Waals surface area contributed by atoms with E-state index in [1.165, 1.54) is 0 Å². The number of carbonyl (C=O) groups is 2. The number of benzene rings is 1. The molecule has 0 spiro atoms. The third kappa shape index (κ3) is 4.11. The van der Waals surface area contributed by atoms with Gasteiger partial charge in [-0.25, -0.2) is 9.79 Å². The molecule has 1 N–H and O–H groups in total. The van der Waals surface area contributed by atoms with Crippen LogP contribution < -0.4 is 5.32 Å². The van der Waals surface area contributed by atoms with Gasteiger partial charge >= 0.3 is 6.09 Å². The van der Waals surface area contributed by atoms with Gasteiger partial charge in [0, 0.05) is 24.0 Å². The standard InChI is InChI=1S/C25H30N4O3/c1-16-19(8-6-14-26-16)17-10-12-18(13-11-17)25(5)22(30)27-21(28-25)20-9-7-15-29(20)23(31)32-24(2,3)4/h6,8,10-14,20H,7,9,15H2,1-5H3,(H,27,28,30). The normalized spacial score (nSPS) is 23.2. The first-order valence-corrected chi connectivity index (χ1v) is 11.0. The lowest BCUT2D eigenvalue weighted by molar-refractivity contribution is -0.123. The zero-order chi connectivity index (χ0) is 23.1. The maximum absolute atomic E-state index is 13.0. The highest BCUT2D eigenvalue weighted by Gasteiger charge is 2.45. The van der Waals surface area contributed by atoms with Crippen LogP contribution in [0, 0.1) is 6.92 Å². The summed E-state index contributed by atoms with van der Waals surface area (Å²) in [5.74, 6) is 0.349. The second-order valence-electron chi connectivity index (χ2n) is 9.57. The number of rotatable bonds is 3. The van der Waals surface area contributed by atoms with Crippen LogP contribution in [0.5, 0.6) is 0 Å². The fourth-order valence-electron chi connectivity index (χ4n) is 4.26. The second kappa shape index (κ2) is 8.04. The molecule has 1 aromatic heterocycles. The number of carbonyl (C=O) groups excluding carboxylic acids is 2. The van der Waals surface area contributed by atoms with Crippen molar-refractivity contribution in [3.8, 4) is 11.1 Å². The Morgan fingerprint density at radius 3 is 2.59 bits per heavy atom. The van der Waals surface area contributed by atoms with Crippen molar-refractivity contribution >= 4 is 17.8 Å². The predicted molar refractivity (Wildman–Crippen MR) is 123 cm³/mol. The first kappa shape index (κ1) is 22.0. The fourth-order valence-corrected chi connectivity index (χ4v) is 4.26. The van der Waals surface area contributed by atoms with E-state index in [1.54, 1.807) is 11.1 Å². The van der Waals surface area contributed by atoms with Gasteiger partial charge in [-0.15, -0.1) is 0 Å². The molecule has 32 heavy (non-hydrogen) atoms. The summed E-state index contributed by atoms with van der Waals surface area (Å²) >= 11 is 0. The number of pyridine rings is 1. The van der Waals surface area contributed by atoms with Crippen LogP contribution in [-0.4, -0.2) is 45.9 Å². The van der Waals surface area contributed by atoms with E-state index in [-0.39, 0.29) is 18.0 Å². The van der Waals surface area contributed by atoms with E-state index in [0.717, 1.165) is 35.2 Å². The van der Waals surface area contributed by atoms with E-state index < -0.39 is 11.1 Å². The van der Waals surface area contributed by atoms with Crippen molar-refractivity contribution in [2.24, 2.45) is 4.99 Å². The molecule has 1 aromatic carbocycles. The number of aromatic nitrogens is 1. The molecule has 2 unspecified atom stereocenters. The molecule has 1 saturated heterocycles. The molecule has 0 saturated carbocycles. The van der Waals surface area contributed by atoms with Crippen molar-refractivity contribution in [3.05, 3.63) is 53.9 Å². The predicted octanol–water partition coefficient (Wildman–Crippen LogP) is 4.20. The van der Waals surface area contributed by atoms with Gasteiger partial charge in [0.1, 0.15) is 11.4 Å². The van der Waals surface area contributed by atoms with Gasteiger partial charge in [-0.05, 0) is 64.7 Å². The summed E-state index contributed by atoms with van der Waals surface area (Å²) in [7, 11) is 0. The molecule has 2 aromatic rings. The largest absolute Gasteiger partial charge is 0.444 e. The molecule has 0 bridgehead atoms. The molecule has 3 heterocycles. The van der Waals surface area contributed by atoms with Gasteiger partial charge < -0.3 is 10.1 Å². The van der Waals surface area contributed by atoms with Gasteiger partial charge in [-0.1, -0.05) is 30.3 Å². The van der Waals surface area contributed by atoms with E-state index in [4.69, 9.17) is 9.73 Å². The highest BCUT2D eigenvalue weighted by molar-refractivity contribution is 6.11. The van der Waals surface area contributed by atoms with Crippen LogP contribution in [0.4, 0.5) is 4.79 Å². The lowest BCUT2D eigenvalue weighted by Gasteiger charge is -2.28. The maximum Gasteiger partial charge on any atom is 0.410 e. The molecule has 0 radical (unpaired) electrons. The van der Waals surface area contributed by atoms with E-state index in [0.29, 0.717) is 12.4 Å². The Bertz CT molecular complexity index is 1070. The monoisotopic (exact) mass is 434 g/mol. The lowest BCUT2D eigenvalue weighted by Crippen LogP contribution is -2.47. The van der Waals surface area contributed by atoms with Crippen LogP contribution >= 0.6 is 0 Å². The average Bonchev–Trinajstić information content (AvgIpc) is 3.33. The van der Waals surface area contributed by atoms with Crippen molar-refractivity contribution in [1.29, 1.82) is 0 Å². The van der Waals surface area contributed by atoms with Crippen molar-refractivity contribution < 1.29 is 14.3 Å². The van der Waals surface area contributed by atoms with E-state index >= 15 is 0 Å². The minimum Gasteiger partial charge on any atom is -0.444 e. The quantitative estimate of drug-likeness (QED) is 0.785. The number of aryl methyl sites for hydroxylation is 1. The molecule has 2 amide bonds. The van der Waals surface area contributed by atoms with Crippen molar-refractivity contribution in [2.75, 3.05) is 6.54 Å². The number of likely N-dealkylation sites (tertiary alicyclic amines) is 1. The molecule has 0 aliphatic carbocycles. The molecular weight excluding hydrogens is 404 g/mol. The van der Waals surface area contributed by atoms with Crippen LogP contribution in [0.2, 0.25) is 0 Å². The highest BCUT2D eigenvalue weighted by atomic mass is 16.6. The zero-order valence-electron chi connectivity index (χ0n) is 19.3. The van der Waals surface area contributed by atoms with E-state index in [2.05, 4.69) is 10.3 Å². The first-order chi connectivity index (χ1) is 15.1. The van der Waals surface area contributed by atoms with Crippen molar-refractivity contribution in [1.82, 2.24) is 15.2 Å². The topological polar surface area (TPSA) is 83.9 Å². The van der Waals surface area contributed by atoms with Gasteiger partial charge in [0.05, 0.1) is 6.04 Å². The van der Waals surface area contributed by atoms with Crippen molar-refractivity contribution in [3.63, 3.8) is 0 Å². The molecular formula is C25H30N4O3. The van der Waals surface area contributed by atoms with Crippen LogP contribution in [-0.2, 0) is 15.1 Å². The molecule has 2 aliphatic heterocycles. The molecule has 1 fully saturated rings. The minimum atomic E-state index is -1.04. The summed E-state index contributed by atoms with van der Waals surface area (Å²) in [5.41, 5.74) is 2.24. The number of hydrogen-bond donors (Lipinski definition) is 1. The summed E-state index contributed by atoms with van der Waals surface area (Å²) in [4.78, 5) is 36.5.